The lowest BCUT2D eigenvalue weighted by molar-refractivity contribution is 0.0696. The molecule has 0 saturated carbocycles. The summed E-state index contributed by atoms with van der Waals surface area (Å²) in [6, 6.07) is 8.77. The van der Waals surface area contributed by atoms with Crippen molar-refractivity contribution in [3.63, 3.8) is 0 Å². The summed E-state index contributed by atoms with van der Waals surface area (Å²) >= 11 is 0. The van der Waals surface area contributed by atoms with Crippen LogP contribution in [0.4, 0.5) is 5.69 Å². The van der Waals surface area contributed by atoms with Crippen molar-refractivity contribution in [1.82, 2.24) is 0 Å². The molecular formula is C13H9NO3. The Bertz CT molecular complexity index is 655. The summed E-state index contributed by atoms with van der Waals surface area (Å²) in [4.78, 5) is 25.1. The van der Waals surface area contributed by atoms with Crippen LogP contribution in [0.1, 0.15) is 15.9 Å². The van der Waals surface area contributed by atoms with Gasteiger partial charge in [-0.15, -0.1) is 0 Å². The van der Waals surface area contributed by atoms with Crippen molar-refractivity contribution in [3.05, 3.63) is 41.5 Å². The molecule has 0 saturated heterocycles. The molecule has 2 rings (SSSR count). The van der Waals surface area contributed by atoms with E-state index >= 15 is 0 Å². The Morgan fingerprint density at radius 2 is 2.06 bits per heavy atom. The molecule has 0 unspecified atom stereocenters. The van der Waals surface area contributed by atoms with Gasteiger partial charge in [-0.2, -0.15) is 4.99 Å². The van der Waals surface area contributed by atoms with Gasteiger partial charge in [0.2, 0.25) is 6.08 Å². The first-order valence-corrected chi connectivity index (χ1v) is 4.98. The van der Waals surface area contributed by atoms with Crippen molar-refractivity contribution < 1.29 is 14.7 Å². The van der Waals surface area contributed by atoms with E-state index in [0.29, 0.717) is 11.3 Å². The van der Waals surface area contributed by atoms with Crippen LogP contribution >= 0.6 is 0 Å². The highest BCUT2D eigenvalue weighted by atomic mass is 16.4. The number of carbonyl (C=O) groups excluding carboxylic acids is 1. The summed E-state index contributed by atoms with van der Waals surface area (Å²) in [7, 11) is 0. The van der Waals surface area contributed by atoms with Gasteiger partial charge in [0.15, 0.2) is 0 Å². The Labute approximate surface area is 97.2 Å². The predicted molar refractivity (Wildman–Crippen MR) is 63.4 cm³/mol. The van der Waals surface area contributed by atoms with Crippen molar-refractivity contribution in [2.75, 3.05) is 0 Å². The number of carbonyl (C=O) groups is 1. The number of carboxylic acids is 1. The van der Waals surface area contributed by atoms with E-state index in [0.717, 1.165) is 10.8 Å². The summed E-state index contributed by atoms with van der Waals surface area (Å²) in [6.07, 6.45) is 1.47. The molecule has 84 valence electrons. The lowest BCUT2D eigenvalue weighted by atomic mass is 9.99. The highest BCUT2D eigenvalue weighted by Gasteiger charge is 2.14. The summed E-state index contributed by atoms with van der Waals surface area (Å²) in [5, 5.41) is 10.6. The first kappa shape index (κ1) is 11.0. The van der Waals surface area contributed by atoms with Gasteiger partial charge in [0.1, 0.15) is 0 Å². The minimum Gasteiger partial charge on any atom is -0.478 e. The second kappa shape index (κ2) is 4.20. The molecule has 2 aromatic rings. The second-order valence-electron chi connectivity index (χ2n) is 3.63. The van der Waals surface area contributed by atoms with E-state index in [2.05, 4.69) is 4.99 Å². The highest BCUT2D eigenvalue weighted by Crippen LogP contribution is 2.32. The zero-order valence-electron chi connectivity index (χ0n) is 9.10. The Kier molecular flexibility index (Phi) is 2.73. The maximum absolute atomic E-state index is 11.1. The van der Waals surface area contributed by atoms with Crippen LogP contribution in [0.15, 0.2) is 35.3 Å². The minimum absolute atomic E-state index is 0.151. The van der Waals surface area contributed by atoms with E-state index in [-0.39, 0.29) is 5.56 Å². The number of aliphatic imine (C=N–C) groups is 1. The molecule has 0 spiro atoms. The third kappa shape index (κ3) is 1.82. The summed E-state index contributed by atoms with van der Waals surface area (Å²) in [5.74, 6) is -1.03. The van der Waals surface area contributed by atoms with Crippen molar-refractivity contribution in [3.8, 4) is 0 Å². The molecule has 0 aliphatic rings. The first-order valence-electron chi connectivity index (χ1n) is 4.98. The average molecular weight is 227 g/mol. The largest absolute Gasteiger partial charge is 0.478 e. The topological polar surface area (TPSA) is 66.7 Å². The van der Waals surface area contributed by atoms with E-state index in [1.807, 2.05) is 6.07 Å². The maximum atomic E-state index is 11.1. The van der Waals surface area contributed by atoms with Gasteiger partial charge in [-0.25, -0.2) is 9.59 Å². The van der Waals surface area contributed by atoms with Crippen molar-refractivity contribution in [1.29, 1.82) is 0 Å². The molecule has 0 fully saturated rings. The Morgan fingerprint density at radius 3 is 2.71 bits per heavy atom. The van der Waals surface area contributed by atoms with E-state index in [4.69, 9.17) is 5.11 Å². The fraction of sp³-hybridized carbons (Fsp3) is 0.0769. The van der Waals surface area contributed by atoms with Gasteiger partial charge in [0.05, 0.1) is 11.3 Å². The summed E-state index contributed by atoms with van der Waals surface area (Å²) in [6.45, 7) is 1.63. The van der Waals surface area contributed by atoms with Gasteiger partial charge in [-0.05, 0) is 23.9 Å². The molecule has 0 atom stereocenters. The average Bonchev–Trinajstić information content (AvgIpc) is 2.32. The van der Waals surface area contributed by atoms with Crippen LogP contribution in [0.5, 0.6) is 0 Å². The van der Waals surface area contributed by atoms with Crippen molar-refractivity contribution >= 4 is 28.5 Å². The number of nitrogens with zero attached hydrogens (tertiary/aromatic N) is 1. The summed E-state index contributed by atoms with van der Waals surface area (Å²) < 4.78 is 0. The number of rotatable bonds is 2. The van der Waals surface area contributed by atoms with Crippen LogP contribution in [-0.4, -0.2) is 17.2 Å². The van der Waals surface area contributed by atoms with Gasteiger partial charge >= 0.3 is 5.97 Å². The molecule has 0 bridgehead atoms. The van der Waals surface area contributed by atoms with Gasteiger partial charge in [0, 0.05) is 5.39 Å². The number of hydrogen-bond acceptors (Lipinski definition) is 3. The Balaban J connectivity index is 2.95. The molecule has 0 heterocycles. The van der Waals surface area contributed by atoms with Crippen LogP contribution in [0.25, 0.3) is 10.8 Å². The lowest BCUT2D eigenvalue weighted by Crippen LogP contribution is -2.00. The van der Waals surface area contributed by atoms with Crippen LogP contribution in [0, 0.1) is 6.92 Å². The molecule has 0 amide bonds. The fourth-order valence-electron chi connectivity index (χ4n) is 1.84. The summed E-state index contributed by atoms with van der Waals surface area (Å²) in [5.41, 5.74) is 0.993. The number of aromatic carboxylic acids is 1. The highest BCUT2D eigenvalue weighted by molar-refractivity contribution is 6.02. The van der Waals surface area contributed by atoms with Gasteiger partial charge in [-0.3, -0.25) is 0 Å². The lowest BCUT2D eigenvalue weighted by Gasteiger charge is -2.08. The second-order valence-corrected chi connectivity index (χ2v) is 3.63. The quantitative estimate of drug-likeness (QED) is 0.633. The molecule has 0 aliphatic carbocycles. The molecule has 17 heavy (non-hydrogen) atoms. The zero-order chi connectivity index (χ0) is 12.4. The smallest absolute Gasteiger partial charge is 0.336 e. The first-order chi connectivity index (χ1) is 8.15. The number of isocyanates is 1. The van der Waals surface area contributed by atoms with Crippen LogP contribution < -0.4 is 0 Å². The number of carboxylic acid groups (broad SMARTS) is 1. The van der Waals surface area contributed by atoms with E-state index in [1.165, 1.54) is 6.08 Å². The van der Waals surface area contributed by atoms with Gasteiger partial charge in [-0.1, -0.05) is 24.3 Å². The van der Waals surface area contributed by atoms with Crippen LogP contribution in [-0.2, 0) is 4.79 Å². The van der Waals surface area contributed by atoms with Crippen LogP contribution in [0.3, 0.4) is 0 Å². The monoisotopic (exact) mass is 227 g/mol. The Hall–Kier alpha value is -2.45. The molecule has 0 radical (unpaired) electrons. The fourth-order valence-corrected chi connectivity index (χ4v) is 1.84. The molecule has 4 nitrogen and oxygen atoms in total. The molecular weight excluding hydrogens is 218 g/mol. The number of fused-ring (bicyclic) bond motifs is 1. The normalized spacial score (nSPS) is 9.94. The molecule has 0 aromatic heterocycles. The molecule has 2 aromatic carbocycles. The SMILES string of the molecule is Cc1c(C(=O)O)cc2ccccc2c1N=C=O. The molecule has 0 aliphatic heterocycles. The third-order valence-electron chi connectivity index (χ3n) is 2.66. The predicted octanol–water partition coefficient (Wildman–Crippen LogP) is 2.81. The standard InChI is InChI=1S/C13H9NO3/c1-8-11(13(16)17)6-9-4-2-3-5-10(9)12(8)14-7-15/h2-6H,1H3,(H,16,17). The Morgan fingerprint density at radius 1 is 1.35 bits per heavy atom. The van der Waals surface area contributed by atoms with Gasteiger partial charge in [0.25, 0.3) is 0 Å². The van der Waals surface area contributed by atoms with Crippen LogP contribution in [0.2, 0.25) is 0 Å². The molecule has 1 N–H and O–H groups in total. The van der Waals surface area contributed by atoms with E-state index in [9.17, 15) is 9.59 Å². The van der Waals surface area contributed by atoms with Crippen molar-refractivity contribution in [2.24, 2.45) is 4.99 Å². The van der Waals surface area contributed by atoms with Gasteiger partial charge < -0.3 is 5.11 Å². The third-order valence-corrected chi connectivity index (χ3v) is 2.66. The van der Waals surface area contributed by atoms with E-state index < -0.39 is 5.97 Å². The number of benzene rings is 2. The maximum Gasteiger partial charge on any atom is 0.336 e. The number of hydrogen-bond donors (Lipinski definition) is 1. The molecule has 4 heteroatoms. The van der Waals surface area contributed by atoms with Crippen molar-refractivity contribution in [2.45, 2.75) is 6.92 Å². The van der Waals surface area contributed by atoms with E-state index in [1.54, 1.807) is 31.2 Å². The minimum atomic E-state index is -1.03. The zero-order valence-corrected chi connectivity index (χ0v) is 9.10.